The van der Waals surface area contributed by atoms with Gasteiger partial charge in [0.25, 0.3) is 11.8 Å². The first-order valence-electron chi connectivity index (χ1n) is 32.6. The third-order valence-electron chi connectivity index (χ3n) is 14.4. The lowest BCUT2D eigenvalue weighted by atomic mass is 10.1. The molecule has 0 bridgehead atoms. The predicted molar refractivity (Wildman–Crippen MR) is 386 cm³/mol. The molecule has 12 rings (SSSR count). The number of hydrogen-bond acceptors (Lipinski definition) is 22. The van der Waals surface area contributed by atoms with E-state index in [1.165, 1.54) is 137 Å². The summed E-state index contributed by atoms with van der Waals surface area (Å²) in [5, 5.41) is 21.8. The van der Waals surface area contributed by atoms with Gasteiger partial charge >= 0.3 is 24.7 Å². The summed E-state index contributed by atoms with van der Waals surface area (Å²) in [7, 11) is 0. The summed E-state index contributed by atoms with van der Waals surface area (Å²) in [5.41, 5.74) is 11.8. The fraction of sp³-hybridized carbons (Fsp3) is 0.153. The molecule has 41 heteroatoms. The normalized spacial score (nSPS) is 11.7. The summed E-state index contributed by atoms with van der Waals surface area (Å²) in [6.45, 7) is 8.26. The molecule has 0 unspecified atom stereocenters. The van der Waals surface area contributed by atoms with Crippen LogP contribution >= 0.6 is 0 Å². The molecule has 0 saturated heterocycles. The second-order valence-corrected chi connectivity index (χ2v) is 23.6. The van der Waals surface area contributed by atoms with Crippen molar-refractivity contribution in [2.75, 3.05) is 22.7 Å². The number of amides is 3. The summed E-state index contributed by atoms with van der Waals surface area (Å²) in [6.07, 6.45) is 11.2. The van der Waals surface area contributed by atoms with Gasteiger partial charge in [-0.1, -0.05) is 0 Å². The number of nitrogens with zero attached hydrogens (tertiary/aromatic N) is 19. The molecule has 0 aliphatic rings. The highest BCUT2D eigenvalue weighted by atomic mass is 19.4. The van der Waals surface area contributed by atoms with E-state index < -0.39 is 64.7 Å². The van der Waals surface area contributed by atoms with Crippen molar-refractivity contribution < 1.29 is 71.9 Å². The Morgan fingerprint density at radius 3 is 1.16 bits per heavy atom. The summed E-state index contributed by atoms with van der Waals surface area (Å²) in [5.74, 6) is -0.225. The van der Waals surface area contributed by atoms with Crippen LogP contribution in [0.1, 0.15) is 55.9 Å². The first kappa shape index (κ1) is 82.5. The number of aryl methyl sites for hydroxylation is 5. The van der Waals surface area contributed by atoms with Gasteiger partial charge < -0.3 is 10.6 Å². The number of alkyl halides is 12. The van der Waals surface area contributed by atoms with Crippen molar-refractivity contribution in [1.29, 1.82) is 0 Å². The van der Waals surface area contributed by atoms with E-state index in [2.05, 4.69) is 108 Å². The van der Waals surface area contributed by atoms with Gasteiger partial charge in [0.05, 0.1) is 59.1 Å². The molecule has 0 atom stereocenters. The van der Waals surface area contributed by atoms with Crippen LogP contribution in [0.5, 0.6) is 0 Å². The van der Waals surface area contributed by atoms with E-state index in [0.717, 1.165) is 54.2 Å². The van der Waals surface area contributed by atoms with Crippen LogP contribution in [-0.4, -0.2) is 124 Å². The first-order valence-corrected chi connectivity index (χ1v) is 32.6. The maximum atomic E-state index is 13.0. The number of halogens is 12. The first-order chi connectivity index (χ1) is 53.6. The smallest absolute Gasteiger partial charge is 0.361 e. The highest BCUT2D eigenvalue weighted by molar-refractivity contribution is 5.95. The maximum Gasteiger partial charge on any atom is 0.416 e. The third-order valence-corrected chi connectivity index (χ3v) is 14.4. The van der Waals surface area contributed by atoms with Gasteiger partial charge in [-0.3, -0.25) is 60.8 Å². The molecule has 0 aliphatic heterocycles. The van der Waals surface area contributed by atoms with Crippen molar-refractivity contribution in [3.63, 3.8) is 0 Å². The summed E-state index contributed by atoms with van der Waals surface area (Å²) >= 11 is 0. The van der Waals surface area contributed by atoms with Crippen molar-refractivity contribution in [1.82, 2.24) is 110 Å². The average Bonchev–Trinajstić information content (AvgIpc) is 1.81. The van der Waals surface area contributed by atoms with E-state index in [1.807, 2.05) is 0 Å². The topological polar surface area (TPSA) is 354 Å². The van der Waals surface area contributed by atoms with E-state index in [1.54, 1.807) is 89.5 Å². The molecule has 113 heavy (non-hydrogen) atoms. The molecule has 0 radical (unpaired) electrons. The van der Waals surface area contributed by atoms with Crippen LogP contribution < -0.4 is 32.3 Å². The quantitative estimate of drug-likeness (QED) is 0.0221. The Hall–Kier alpha value is -14.6. The van der Waals surface area contributed by atoms with Crippen LogP contribution in [0.3, 0.4) is 0 Å². The van der Waals surface area contributed by atoms with Crippen molar-refractivity contribution in [2.45, 2.75) is 65.9 Å². The van der Waals surface area contributed by atoms with Gasteiger partial charge in [-0.2, -0.15) is 52.7 Å². The average molecular weight is 1570 g/mol. The summed E-state index contributed by atoms with van der Waals surface area (Å²) in [6, 6.07) is 19.4. The Bertz CT molecular complexity index is 4980. The van der Waals surface area contributed by atoms with E-state index in [0.29, 0.717) is 45.3 Å². The standard InChI is InChI=1S/C18H16F3N7O.3C18H15F3N6O/c1-11-5-13(8-14(6-11)18(19,20)21)17-24-10-28(27-17)4-3-16(29)26-25-15-7-12(2)22-9-23-15;1-12-8-13(10-14(9-12)18(19,20)21)17-23-11-27(26-17)7-4-16(28)25-24-15-2-5-22-6-3-15;1-12-6-13(8-14(7-12)18(19,20)21)17-25-11-27(26-17)5-2-16(28)24-10-15-9-22-3-4-23-15;1-12-6-13(8-14(7-12)18(19,20)21)17-25-11-27(26-17)5-2-15(28)9-24-16-10-22-3-4-23-16/h3-10H,1-2H3,(H,26,29)(H,22,23,25);2-11H,1H3,(H,22,24)(H,25,28);2-9,11H,10H2,1H3,(H,24,28);2-8,10-11H,9H2,1H3,(H,23,24)/b4-3-;7-4-;5-2+;5-2-. The van der Waals surface area contributed by atoms with Crippen molar-refractivity contribution in [3.05, 3.63) is 252 Å². The molecule has 3 amide bonds. The van der Waals surface area contributed by atoms with Crippen LogP contribution in [0.2, 0.25) is 0 Å². The zero-order chi connectivity index (χ0) is 81.5. The molecule has 0 saturated carbocycles. The molecule has 8 heterocycles. The minimum absolute atomic E-state index is 0.00354. The number of carbonyl (C=O) groups excluding carboxylic acids is 4. The molecule has 582 valence electrons. The zero-order valence-corrected chi connectivity index (χ0v) is 59.4. The van der Waals surface area contributed by atoms with Crippen LogP contribution in [0.25, 0.3) is 70.4 Å². The van der Waals surface area contributed by atoms with Crippen molar-refractivity contribution in [2.24, 2.45) is 0 Å². The molecule has 29 nitrogen and oxygen atoms in total. The van der Waals surface area contributed by atoms with Crippen LogP contribution in [0, 0.1) is 34.6 Å². The molecule has 12 aromatic rings. The number of rotatable bonds is 21. The number of carbonyl (C=O) groups is 4. The third kappa shape index (κ3) is 26.4. The van der Waals surface area contributed by atoms with Crippen molar-refractivity contribution >= 4 is 65.6 Å². The van der Waals surface area contributed by atoms with Gasteiger partial charge in [0.1, 0.15) is 43.3 Å². The van der Waals surface area contributed by atoms with Gasteiger partial charge in [0.15, 0.2) is 29.1 Å². The fourth-order valence-corrected chi connectivity index (χ4v) is 9.40. The zero-order valence-electron chi connectivity index (χ0n) is 59.4. The summed E-state index contributed by atoms with van der Waals surface area (Å²) < 4.78 is 161. The predicted octanol–water partition coefficient (Wildman–Crippen LogP) is 12.3. The minimum atomic E-state index is -4.46. The van der Waals surface area contributed by atoms with Gasteiger partial charge in [0.2, 0.25) is 5.91 Å². The second-order valence-electron chi connectivity index (χ2n) is 23.6. The number of anilines is 3. The molecule has 0 fully saturated rings. The number of hydrogen-bond donors (Lipinski definition) is 6. The monoisotopic (exact) mass is 1570 g/mol. The lowest BCUT2D eigenvalue weighted by molar-refractivity contribution is -0.138. The second kappa shape index (κ2) is 37.5. The van der Waals surface area contributed by atoms with Crippen LogP contribution in [0.15, 0.2) is 197 Å². The lowest BCUT2D eigenvalue weighted by Gasteiger charge is -2.09. The molecule has 4 aromatic carbocycles. The van der Waals surface area contributed by atoms with Gasteiger partial charge in [-0.15, -0.1) is 20.4 Å². The number of ketones is 1. The van der Waals surface area contributed by atoms with Gasteiger partial charge in [-0.05, 0) is 142 Å². The number of hydrazine groups is 2. The Morgan fingerprint density at radius 1 is 0.389 bits per heavy atom. The van der Waals surface area contributed by atoms with Gasteiger partial charge in [-0.25, -0.2) is 53.6 Å². The largest absolute Gasteiger partial charge is 0.416 e. The highest BCUT2D eigenvalue weighted by Gasteiger charge is 2.34. The lowest BCUT2D eigenvalue weighted by Crippen LogP contribution is -2.28. The molecule has 6 N–H and O–H groups in total. The van der Waals surface area contributed by atoms with E-state index >= 15 is 0 Å². The molecule has 0 aliphatic carbocycles. The summed E-state index contributed by atoms with van der Waals surface area (Å²) in [4.78, 5) is 90.9. The van der Waals surface area contributed by atoms with Crippen LogP contribution in [-0.2, 0) is 50.4 Å². The Kier molecular flexibility index (Phi) is 27.4. The number of benzene rings is 4. The molecule has 8 aromatic heterocycles. The van der Waals surface area contributed by atoms with E-state index in [9.17, 15) is 71.9 Å². The van der Waals surface area contributed by atoms with E-state index in [4.69, 9.17) is 0 Å². The number of pyridine rings is 1. The molecule has 0 spiro atoms. The number of aromatic nitrogens is 19. The Morgan fingerprint density at radius 2 is 0.779 bits per heavy atom. The SMILES string of the molecule is Cc1cc(-c2ncn(/C=C/C(=O)NCc3cnccn3)n2)cc(C(F)(F)F)c1.Cc1cc(-c2ncn(/C=C\C(=O)CNc3cnccn3)n2)cc(C(F)(F)F)c1.Cc1cc(-c2ncn(/C=C\C(=O)NNc3cc(C)ncn3)n2)cc(C(F)(F)F)c1.Cc1cc(-c2ncn(/C=C\C(=O)NNc3ccncc3)n2)cc(C(F)(F)F)c1. The Labute approximate surface area is 631 Å². The minimum Gasteiger partial charge on any atom is -0.361 e. The van der Waals surface area contributed by atoms with E-state index in [-0.39, 0.29) is 64.4 Å². The molecular weight excluding hydrogens is 1510 g/mol. The highest BCUT2D eigenvalue weighted by Crippen LogP contribution is 2.36. The fourth-order valence-electron chi connectivity index (χ4n) is 9.40. The molecular formula is C72H61F12N25O4. The van der Waals surface area contributed by atoms with Gasteiger partial charge in [0, 0.05) is 120 Å². The van der Waals surface area contributed by atoms with Crippen molar-refractivity contribution in [3.8, 4) is 45.6 Å². The Balaban J connectivity index is 0.000000173. The maximum absolute atomic E-state index is 13.0. The van der Waals surface area contributed by atoms with Crippen LogP contribution in [0.4, 0.5) is 70.0 Å². The number of nitrogens with one attached hydrogen (secondary N) is 6.